The number of allylic oxidation sites excluding steroid dienone is 1. The topological polar surface area (TPSA) is 49.7 Å². The Morgan fingerprint density at radius 1 is 1.26 bits per heavy atom. The van der Waals surface area contributed by atoms with E-state index in [1.807, 2.05) is 31.2 Å². The zero-order valence-corrected chi connectivity index (χ0v) is 13.7. The molecule has 6 heteroatoms. The maximum Gasteiger partial charge on any atom is 0.369 e. The van der Waals surface area contributed by atoms with Crippen molar-refractivity contribution in [3.63, 3.8) is 0 Å². The molecule has 0 bridgehead atoms. The van der Waals surface area contributed by atoms with Gasteiger partial charge in [0.05, 0.1) is 7.11 Å². The van der Waals surface area contributed by atoms with Crippen LogP contribution >= 0.6 is 12.2 Å². The fraction of sp³-hybridized carbons (Fsp3) is 0.176. The van der Waals surface area contributed by atoms with Gasteiger partial charge in [0.25, 0.3) is 0 Å². The Morgan fingerprint density at radius 3 is 2.78 bits per heavy atom. The minimum Gasteiger partial charge on any atom is -0.493 e. The Balaban J connectivity index is 2.10. The van der Waals surface area contributed by atoms with E-state index in [1.165, 1.54) is 4.73 Å². The van der Waals surface area contributed by atoms with Crippen molar-refractivity contribution < 1.29 is 19.1 Å². The molecule has 0 aliphatic heterocycles. The largest absolute Gasteiger partial charge is 0.493 e. The number of carbonyl (C=O) groups excluding carboxylic acids is 1. The van der Waals surface area contributed by atoms with Crippen LogP contribution in [0.25, 0.3) is 6.08 Å². The third-order valence-corrected chi connectivity index (χ3v) is 3.21. The van der Waals surface area contributed by atoms with Crippen LogP contribution in [0.15, 0.2) is 48.7 Å². The smallest absolute Gasteiger partial charge is 0.369 e. The molecule has 0 saturated heterocycles. The van der Waals surface area contributed by atoms with Crippen LogP contribution in [0.3, 0.4) is 0 Å². The molecule has 1 aromatic heterocycles. The van der Waals surface area contributed by atoms with Crippen molar-refractivity contribution in [2.45, 2.75) is 6.92 Å². The molecule has 1 aromatic carbocycles. The van der Waals surface area contributed by atoms with Gasteiger partial charge in [-0.05, 0) is 25.1 Å². The summed E-state index contributed by atoms with van der Waals surface area (Å²) < 4.78 is 12.5. The molecule has 2 rings (SSSR count). The lowest BCUT2D eigenvalue weighted by Crippen LogP contribution is -2.25. The quantitative estimate of drug-likeness (QED) is 0.760. The summed E-state index contributed by atoms with van der Waals surface area (Å²) in [6.45, 7) is 1.64. The van der Waals surface area contributed by atoms with Crippen LogP contribution in [0.5, 0.6) is 11.5 Å². The Bertz CT molecular complexity index is 767. The summed E-state index contributed by atoms with van der Waals surface area (Å²) in [7, 11) is 1.54. The first kappa shape index (κ1) is 16.8. The van der Waals surface area contributed by atoms with Crippen molar-refractivity contribution >= 4 is 24.3 Å². The molecule has 0 aliphatic carbocycles. The molecule has 0 N–H and O–H groups in total. The molecule has 120 valence electrons. The van der Waals surface area contributed by atoms with Crippen molar-refractivity contribution in [2.24, 2.45) is 0 Å². The second kappa shape index (κ2) is 8.14. The minimum absolute atomic E-state index is 0.262. The minimum atomic E-state index is -0.565. The number of methoxy groups -OCH3 is 1. The van der Waals surface area contributed by atoms with Gasteiger partial charge in [0.1, 0.15) is 4.64 Å². The molecule has 2 aromatic rings. The van der Waals surface area contributed by atoms with E-state index in [-0.39, 0.29) is 6.61 Å². The van der Waals surface area contributed by atoms with E-state index in [0.717, 1.165) is 5.56 Å². The number of benzene rings is 1. The highest BCUT2D eigenvalue weighted by atomic mass is 32.1. The van der Waals surface area contributed by atoms with Crippen LogP contribution in [0.1, 0.15) is 12.5 Å². The number of pyridine rings is 1. The summed E-state index contributed by atoms with van der Waals surface area (Å²) in [6.07, 6.45) is 5.31. The van der Waals surface area contributed by atoms with Gasteiger partial charge in [-0.1, -0.05) is 42.6 Å². The second-order valence-corrected chi connectivity index (χ2v) is 4.91. The van der Waals surface area contributed by atoms with Gasteiger partial charge in [0.15, 0.2) is 18.1 Å². The van der Waals surface area contributed by atoms with E-state index in [0.29, 0.717) is 16.1 Å². The predicted molar refractivity (Wildman–Crippen MR) is 90.1 cm³/mol. The van der Waals surface area contributed by atoms with Crippen molar-refractivity contribution in [3.8, 4) is 11.5 Å². The molecule has 5 nitrogen and oxygen atoms in total. The summed E-state index contributed by atoms with van der Waals surface area (Å²) in [5.41, 5.74) is 0.816. The number of aromatic nitrogens is 1. The average molecular weight is 331 g/mol. The zero-order valence-electron chi connectivity index (χ0n) is 12.9. The van der Waals surface area contributed by atoms with Crippen molar-refractivity contribution in [3.05, 3.63) is 58.9 Å². The average Bonchev–Trinajstić information content (AvgIpc) is 2.56. The first-order valence-corrected chi connectivity index (χ1v) is 7.38. The molecule has 0 amide bonds. The van der Waals surface area contributed by atoms with E-state index in [2.05, 4.69) is 0 Å². The van der Waals surface area contributed by atoms with E-state index >= 15 is 0 Å². The lowest BCUT2D eigenvalue weighted by Gasteiger charge is -2.13. The molecule has 0 unspecified atom stereocenters. The van der Waals surface area contributed by atoms with Crippen LogP contribution in [0.4, 0.5) is 0 Å². The molecule has 0 atom stereocenters. The summed E-state index contributed by atoms with van der Waals surface area (Å²) in [5, 5.41) is 0. The number of para-hydroxylation sites is 1. The maximum atomic E-state index is 11.9. The Hall–Kier alpha value is -2.60. The third-order valence-electron chi connectivity index (χ3n) is 2.90. The van der Waals surface area contributed by atoms with Crippen LogP contribution in [-0.2, 0) is 4.79 Å². The molecule has 0 radical (unpaired) electrons. The highest BCUT2D eigenvalue weighted by Gasteiger charge is 2.12. The van der Waals surface area contributed by atoms with E-state index in [1.54, 1.807) is 37.6 Å². The number of ether oxygens (including phenoxy) is 2. The van der Waals surface area contributed by atoms with E-state index in [9.17, 15) is 4.79 Å². The molecule has 23 heavy (non-hydrogen) atoms. The van der Waals surface area contributed by atoms with Gasteiger partial charge in [0, 0.05) is 11.8 Å². The molecule has 0 aliphatic rings. The summed E-state index contributed by atoms with van der Waals surface area (Å²) >= 11 is 5.06. The van der Waals surface area contributed by atoms with Crippen molar-refractivity contribution in [1.29, 1.82) is 0 Å². The monoisotopic (exact) mass is 331 g/mol. The molecular weight excluding hydrogens is 314 g/mol. The molecular formula is C17H17NO4S. The molecule has 1 heterocycles. The van der Waals surface area contributed by atoms with Crippen LogP contribution in [0.2, 0.25) is 0 Å². The summed E-state index contributed by atoms with van der Waals surface area (Å²) in [6, 6.07) is 10.6. The fourth-order valence-electron chi connectivity index (χ4n) is 1.91. The number of rotatable bonds is 6. The Kier molecular flexibility index (Phi) is 5.94. The Morgan fingerprint density at radius 2 is 2.09 bits per heavy atom. The maximum absolute atomic E-state index is 11.9. The van der Waals surface area contributed by atoms with Crippen LogP contribution < -0.4 is 14.3 Å². The van der Waals surface area contributed by atoms with Crippen LogP contribution in [0, 0.1) is 4.64 Å². The standard InChI is InChI=1S/C17H17NO4S/c1-3-7-13-8-6-9-14(20-2)17(13)21-12-16(19)22-18-11-5-4-10-15(18)23/h3-11H,12H2,1-2H3/b7-3-. The highest BCUT2D eigenvalue weighted by molar-refractivity contribution is 7.71. The van der Waals surface area contributed by atoms with E-state index in [4.69, 9.17) is 26.5 Å². The number of hydrogen-bond acceptors (Lipinski definition) is 5. The van der Waals surface area contributed by atoms with Gasteiger partial charge < -0.3 is 14.3 Å². The lowest BCUT2D eigenvalue weighted by atomic mass is 10.1. The molecule has 0 spiro atoms. The van der Waals surface area contributed by atoms with Gasteiger partial charge in [-0.2, -0.15) is 4.73 Å². The second-order valence-electron chi connectivity index (χ2n) is 4.50. The van der Waals surface area contributed by atoms with Gasteiger partial charge in [-0.3, -0.25) is 0 Å². The number of carbonyl (C=O) groups is 1. The zero-order chi connectivity index (χ0) is 16.7. The number of nitrogens with zero attached hydrogens (tertiary/aromatic N) is 1. The fourth-order valence-corrected chi connectivity index (χ4v) is 2.09. The van der Waals surface area contributed by atoms with Crippen LogP contribution in [-0.4, -0.2) is 24.4 Å². The third kappa shape index (κ3) is 4.43. The van der Waals surface area contributed by atoms with Gasteiger partial charge in [-0.15, -0.1) is 0 Å². The Labute approximate surface area is 139 Å². The van der Waals surface area contributed by atoms with Crippen molar-refractivity contribution in [2.75, 3.05) is 13.7 Å². The first-order valence-electron chi connectivity index (χ1n) is 6.97. The van der Waals surface area contributed by atoms with Gasteiger partial charge in [0.2, 0.25) is 0 Å². The normalized spacial score (nSPS) is 10.5. The molecule has 0 saturated carbocycles. The van der Waals surface area contributed by atoms with E-state index < -0.39 is 5.97 Å². The summed E-state index contributed by atoms with van der Waals surface area (Å²) in [4.78, 5) is 17.1. The predicted octanol–water partition coefficient (Wildman–Crippen LogP) is 3.29. The van der Waals surface area contributed by atoms with Gasteiger partial charge in [-0.25, -0.2) is 4.79 Å². The highest BCUT2D eigenvalue weighted by Crippen LogP contribution is 2.31. The first-order chi connectivity index (χ1) is 11.2. The molecule has 0 fully saturated rings. The summed E-state index contributed by atoms with van der Waals surface area (Å²) in [5.74, 6) is 0.469. The van der Waals surface area contributed by atoms with Crippen molar-refractivity contribution in [1.82, 2.24) is 4.73 Å². The lowest BCUT2D eigenvalue weighted by molar-refractivity contribution is -0.146. The SMILES string of the molecule is C/C=C\c1cccc(OC)c1OCC(=O)On1ccccc1=S. The van der Waals surface area contributed by atoms with Gasteiger partial charge >= 0.3 is 5.97 Å². The number of hydrogen-bond donors (Lipinski definition) is 0.